The molecule has 116 valence electrons. The van der Waals surface area contributed by atoms with Crippen LogP contribution in [0.1, 0.15) is 64.7 Å². The topological polar surface area (TPSA) is 75.6 Å². The quantitative estimate of drug-likeness (QED) is 0.638. The molecule has 1 rings (SSSR count). The van der Waals surface area contributed by atoms with E-state index in [1.54, 1.807) is 0 Å². The van der Waals surface area contributed by atoms with Crippen molar-refractivity contribution in [2.75, 3.05) is 6.54 Å². The van der Waals surface area contributed by atoms with Crippen LogP contribution < -0.4 is 5.32 Å². The minimum absolute atomic E-state index is 0.0617. The van der Waals surface area contributed by atoms with Gasteiger partial charge in [0, 0.05) is 13.0 Å². The summed E-state index contributed by atoms with van der Waals surface area (Å²) in [7, 11) is 0. The highest BCUT2D eigenvalue weighted by molar-refractivity contribution is 5.80. The molecule has 5 heteroatoms. The van der Waals surface area contributed by atoms with Crippen LogP contribution in [-0.2, 0) is 14.3 Å². The van der Waals surface area contributed by atoms with Crippen molar-refractivity contribution in [3.05, 3.63) is 0 Å². The van der Waals surface area contributed by atoms with Crippen molar-refractivity contribution in [2.45, 2.75) is 76.9 Å². The van der Waals surface area contributed by atoms with Crippen LogP contribution in [0.5, 0.6) is 0 Å². The van der Waals surface area contributed by atoms with Crippen molar-refractivity contribution < 1.29 is 19.4 Å². The van der Waals surface area contributed by atoms with Gasteiger partial charge in [-0.3, -0.25) is 9.59 Å². The number of ether oxygens (including phenoxy) is 1. The Morgan fingerprint density at radius 2 is 1.95 bits per heavy atom. The van der Waals surface area contributed by atoms with Gasteiger partial charge in [-0.05, 0) is 32.1 Å². The molecule has 1 amide bonds. The van der Waals surface area contributed by atoms with Gasteiger partial charge in [-0.25, -0.2) is 0 Å². The smallest absolute Gasteiger partial charge is 0.303 e. The number of carboxylic acids is 1. The van der Waals surface area contributed by atoms with Crippen LogP contribution in [0, 0.1) is 0 Å². The number of nitrogens with one attached hydrogen (secondary N) is 1. The van der Waals surface area contributed by atoms with Crippen molar-refractivity contribution in [1.82, 2.24) is 5.32 Å². The lowest BCUT2D eigenvalue weighted by Gasteiger charge is -2.26. The Labute approximate surface area is 121 Å². The lowest BCUT2D eigenvalue weighted by Crippen LogP contribution is -2.39. The van der Waals surface area contributed by atoms with Crippen LogP contribution >= 0.6 is 0 Å². The van der Waals surface area contributed by atoms with Gasteiger partial charge in [0.15, 0.2) is 0 Å². The highest BCUT2D eigenvalue weighted by Crippen LogP contribution is 2.22. The van der Waals surface area contributed by atoms with E-state index in [0.29, 0.717) is 25.8 Å². The van der Waals surface area contributed by atoms with Gasteiger partial charge >= 0.3 is 5.97 Å². The van der Waals surface area contributed by atoms with Crippen molar-refractivity contribution in [1.29, 1.82) is 0 Å². The molecule has 0 aromatic rings. The first-order valence-corrected chi connectivity index (χ1v) is 7.78. The van der Waals surface area contributed by atoms with Crippen LogP contribution in [0.4, 0.5) is 0 Å². The number of amides is 1. The maximum Gasteiger partial charge on any atom is 0.303 e. The molecule has 0 saturated heterocycles. The molecule has 0 aromatic carbocycles. The largest absolute Gasteiger partial charge is 0.481 e. The fourth-order valence-electron chi connectivity index (χ4n) is 2.50. The fourth-order valence-corrected chi connectivity index (χ4v) is 2.50. The van der Waals surface area contributed by atoms with Crippen LogP contribution in [0.2, 0.25) is 0 Å². The van der Waals surface area contributed by atoms with Crippen LogP contribution in [-0.4, -0.2) is 35.7 Å². The van der Waals surface area contributed by atoms with E-state index in [1.165, 1.54) is 19.3 Å². The molecule has 1 atom stereocenters. The Hall–Kier alpha value is -1.10. The molecule has 0 bridgehead atoms. The van der Waals surface area contributed by atoms with Crippen molar-refractivity contribution >= 4 is 11.9 Å². The Balaban J connectivity index is 2.18. The minimum atomic E-state index is -0.789. The molecule has 20 heavy (non-hydrogen) atoms. The zero-order valence-electron chi connectivity index (χ0n) is 12.4. The van der Waals surface area contributed by atoms with Crippen LogP contribution in [0.25, 0.3) is 0 Å². The minimum Gasteiger partial charge on any atom is -0.481 e. The standard InChI is InChI=1S/C15H27NO4/c1-2-13(20-12-8-4-3-5-9-12)15(19)16-11-7-6-10-14(17)18/h12-13H,2-11H2,1H3,(H,16,19)(H,17,18). The summed E-state index contributed by atoms with van der Waals surface area (Å²) in [4.78, 5) is 22.4. The normalized spacial score (nSPS) is 17.6. The highest BCUT2D eigenvalue weighted by atomic mass is 16.5. The number of carbonyl (C=O) groups excluding carboxylic acids is 1. The van der Waals surface area contributed by atoms with E-state index in [9.17, 15) is 9.59 Å². The number of unbranched alkanes of at least 4 members (excludes halogenated alkanes) is 1. The summed E-state index contributed by atoms with van der Waals surface area (Å²) in [5, 5.41) is 11.4. The van der Waals surface area contributed by atoms with Gasteiger partial charge in [0.25, 0.3) is 0 Å². The fraction of sp³-hybridized carbons (Fsp3) is 0.867. The number of carboxylic acid groups (broad SMARTS) is 1. The lowest BCUT2D eigenvalue weighted by atomic mass is 9.97. The Bertz CT molecular complexity index is 300. The summed E-state index contributed by atoms with van der Waals surface area (Å²) < 4.78 is 5.89. The zero-order valence-corrected chi connectivity index (χ0v) is 12.4. The Kier molecular flexibility index (Phi) is 8.26. The summed E-state index contributed by atoms with van der Waals surface area (Å²) in [5.74, 6) is -0.850. The van der Waals surface area contributed by atoms with Crippen molar-refractivity contribution in [3.8, 4) is 0 Å². The summed E-state index contributed by atoms with van der Waals surface area (Å²) in [6, 6.07) is 0. The summed E-state index contributed by atoms with van der Waals surface area (Å²) >= 11 is 0. The van der Waals surface area contributed by atoms with Crippen molar-refractivity contribution in [3.63, 3.8) is 0 Å². The van der Waals surface area contributed by atoms with E-state index in [1.807, 2.05) is 6.92 Å². The van der Waals surface area contributed by atoms with Crippen LogP contribution in [0.3, 0.4) is 0 Å². The van der Waals surface area contributed by atoms with E-state index < -0.39 is 5.97 Å². The lowest BCUT2D eigenvalue weighted by molar-refractivity contribution is -0.138. The molecule has 0 spiro atoms. The first kappa shape index (κ1) is 17.0. The number of carbonyl (C=O) groups is 2. The average Bonchev–Trinajstić information content (AvgIpc) is 2.45. The average molecular weight is 285 g/mol. The maximum absolute atomic E-state index is 12.0. The third-order valence-electron chi connectivity index (χ3n) is 3.69. The highest BCUT2D eigenvalue weighted by Gasteiger charge is 2.22. The van der Waals surface area contributed by atoms with Gasteiger partial charge in [0.1, 0.15) is 6.10 Å². The molecular weight excluding hydrogens is 258 g/mol. The first-order valence-electron chi connectivity index (χ1n) is 7.78. The molecule has 1 fully saturated rings. The van der Waals surface area contributed by atoms with Gasteiger partial charge < -0.3 is 15.2 Å². The third kappa shape index (κ3) is 6.89. The molecule has 0 aromatic heterocycles. The summed E-state index contributed by atoms with van der Waals surface area (Å²) in [6.45, 7) is 2.48. The summed E-state index contributed by atoms with van der Waals surface area (Å²) in [6.07, 6.45) is 7.76. The maximum atomic E-state index is 12.0. The second kappa shape index (κ2) is 9.75. The van der Waals surface area contributed by atoms with Crippen molar-refractivity contribution in [2.24, 2.45) is 0 Å². The molecule has 1 saturated carbocycles. The number of rotatable bonds is 9. The first-order chi connectivity index (χ1) is 9.63. The predicted molar refractivity (Wildman–Crippen MR) is 76.5 cm³/mol. The molecule has 1 aliphatic carbocycles. The molecule has 1 aliphatic rings. The van der Waals surface area contributed by atoms with Gasteiger partial charge in [0.05, 0.1) is 6.10 Å². The third-order valence-corrected chi connectivity index (χ3v) is 3.69. The molecule has 0 heterocycles. The summed E-state index contributed by atoms with van der Waals surface area (Å²) in [5.41, 5.74) is 0. The number of hydrogen-bond donors (Lipinski definition) is 2. The van der Waals surface area contributed by atoms with Gasteiger partial charge in [-0.2, -0.15) is 0 Å². The van der Waals surface area contributed by atoms with E-state index in [4.69, 9.17) is 9.84 Å². The van der Waals surface area contributed by atoms with Crippen LogP contribution in [0.15, 0.2) is 0 Å². The number of aliphatic carboxylic acids is 1. The van der Waals surface area contributed by atoms with E-state index >= 15 is 0 Å². The monoisotopic (exact) mass is 285 g/mol. The molecule has 5 nitrogen and oxygen atoms in total. The second-order valence-electron chi connectivity index (χ2n) is 5.43. The van der Waals surface area contributed by atoms with E-state index in [0.717, 1.165) is 12.8 Å². The van der Waals surface area contributed by atoms with Gasteiger partial charge in [0.2, 0.25) is 5.91 Å². The molecule has 0 radical (unpaired) electrons. The molecule has 1 unspecified atom stereocenters. The predicted octanol–water partition coefficient (Wildman–Crippen LogP) is 2.49. The van der Waals surface area contributed by atoms with Gasteiger partial charge in [-0.15, -0.1) is 0 Å². The molecule has 0 aliphatic heterocycles. The molecule has 2 N–H and O–H groups in total. The SMILES string of the molecule is CCC(OC1CCCCC1)C(=O)NCCCCC(=O)O. The van der Waals surface area contributed by atoms with E-state index in [2.05, 4.69) is 5.32 Å². The van der Waals surface area contributed by atoms with E-state index in [-0.39, 0.29) is 24.5 Å². The number of hydrogen-bond acceptors (Lipinski definition) is 3. The molecular formula is C15H27NO4. The second-order valence-corrected chi connectivity index (χ2v) is 5.43. The Morgan fingerprint density at radius 3 is 2.55 bits per heavy atom. The zero-order chi connectivity index (χ0) is 14.8. The van der Waals surface area contributed by atoms with Gasteiger partial charge in [-0.1, -0.05) is 26.2 Å². The Morgan fingerprint density at radius 1 is 1.25 bits per heavy atom.